The highest BCUT2D eigenvalue weighted by molar-refractivity contribution is 7.09. The van der Waals surface area contributed by atoms with E-state index in [1.165, 1.54) is 17.4 Å². The molecule has 1 aromatic heterocycles. The summed E-state index contributed by atoms with van der Waals surface area (Å²) >= 11 is 1.50. The van der Waals surface area contributed by atoms with Crippen LogP contribution in [0.1, 0.15) is 16.5 Å². The number of hydrogen-bond donors (Lipinski definition) is 1. The number of nitrogens with zero attached hydrogens (tertiary/aromatic N) is 1. The minimum absolute atomic E-state index is 0.244. The van der Waals surface area contributed by atoms with Crippen molar-refractivity contribution in [2.75, 3.05) is 7.05 Å². The van der Waals surface area contributed by atoms with E-state index in [0.717, 1.165) is 10.9 Å². The molecule has 1 atom stereocenters. The van der Waals surface area contributed by atoms with Crippen molar-refractivity contribution >= 4 is 11.3 Å². The van der Waals surface area contributed by atoms with Crippen molar-refractivity contribution in [1.82, 2.24) is 10.3 Å². The van der Waals surface area contributed by atoms with Crippen LogP contribution in [0.15, 0.2) is 29.9 Å². The van der Waals surface area contributed by atoms with Crippen LogP contribution in [0.2, 0.25) is 0 Å². The van der Waals surface area contributed by atoms with Crippen LogP contribution >= 0.6 is 11.3 Å². The molecule has 2 aromatic rings. The molecule has 0 aliphatic heterocycles. The lowest BCUT2D eigenvalue weighted by molar-refractivity contribution is 0.474. The van der Waals surface area contributed by atoms with Crippen LogP contribution < -0.4 is 5.32 Å². The quantitative estimate of drug-likeness (QED) is 0.907. The molecule has 17 heavy (non-hydrogen) atoms. The molecule has 0 saturated heterocycles. The summed E-state index contributed by atoms with van der Waals surface area (Å²) in [7, 11) is 1.73. The molecule has 1 aromatic carbocycles. The zero-order chi connectivity index (χ0) is 12.3. The Hall–Kier alpha value is -1.33. The average molecular weight is 254 g/mol. The second kappa shape index (κ2) is 5.33. The molecular weight excluding hydrogens is 242 g/mol. The number of aromatic nitrogens is 1. The first-order valence-corrected chi connectivity index (χ1v) is 6.09. The van der Waals surface area contributed by atoms with Gasteiger partial charge in [0.25, 0.3) is 0 Å². The van der Waals surface area contributed by atoms with Crippen LogP contribution in [0.5, 0.6) is 0 Å². The highest BCUT2D eigenvalue weighted by atomic mass is 32.1. The van der Waals surface area contributed by atoms with Crippen LogP contribution in [0.4, 0.5) is 8.78 Å². The van der Waals surface area contributed by atoms with E-state index in [1.807, 2.05) is 0 Å². The number of hydrogen-bond acceptors (Lipinski definition) is 3. The maximum absolute atomic E-state index is 13.6. The van der Waals surface area contributed by atoms with Gasteiger partial charge in [0.1, 0.15) is 0 Å². The zero-order valence-electron chi connectivity index (χ0n) is 9.28. The molecule has 0 radical (unpaired) electrons. The third-order valence-corrected chi connectivity index (χ3v) is 3.40. The summed E-state index contributed by atoms with van der Waals surface area (Å²) in [6.45, 7) is 0. The summed E-state index contributed by atoms with van der Waals surface area (Å²) in [5, 5.41) is 3.00. The van der Waals surface area contributed by atoms with Crippen LogP contribution in [-0.2, 0) is 6.42 Å². The van der Waals surface area contributed by atoms with E-state index in [1.54, 1.807) is 24.8 Å². The van der Waals surface area contributed by atoms with E-state index < -0.39 is 11.6 Å². The Labute approximate surface area is 102 Å². The van der Waals surface area contributed by atoms with Gasteiger partial charge in [0, 0.05) is 29.1 Å². The molecule has 1 unspecified atom stereocenters. The Morgan fingerprint density at radius 3 is 2.88 bits per heavy atom. The predicted octanol–water partition coefficient (Wildman–Crippen LogP) is 2.92. The Balaban J connectivity index is 2.26. The molecule has 1 heterocycles. The van der Waals surface area contributed by atoms with Crippen molar-refractivity contribution in [3.8, 4) is 0 Å². The van der Waals surface area contributed by atoms with Gasteiger partial charge >= 0.3 is 0 Å². The van der Waals surface area contributed by atoms with Crippen LogP contribution in [0.25, 0.3) is 0 Å². The summed E-state index contributed by atoms with van der Waals surface area (Å²) in [4.78, 5) is 5.00. The third-order valence-electron chi connectivity index (χ3n) is 2.59. The molecule has 5 heteroatoms. The fraction of sp³-hybridized carbons (Fsp3) is 0.250. The van der Waals surface area contributed by atoms with E-state index in [9.17, 15) is 8.78 Å². The molecule has 2 rings (SSSR count). The fourth-order valence-corrected chi connectivity index (χ4v) is 2.34. The van der Waals surface area contributed by atoms with Gasteiger partial charge < -0.3 is 5.32 Å². The first kappa shape index (κ1) is 12.1. The SMILES string of the molecule is CNC(Cc1cncs1)c1cccc(F)c1F. The zero-order valence-corrected chi connectivity index (χ0v) is 10.1. The van der Waals surface area contributed by atoms with E-state index in [-0.39, 0.29) is 6.04 Å². The van der Waals surface area contributed by atoms with Crippen molar-refractivity contribution in [2.45, 2.75) is 12.5 Å². The molecule has 0 aliphatic rings. The molecule has 0 amide bonds. The van der Waals surface area contributed by atoms with Gasteiger partial charge in [-0.25, -0.2) is 8.78 Å². The Bertz CT molecular complexity index is 485. The van der Waals surface area contributed by atoms with Gasteiger partial charge in [-0.2, -0.15) is 0 Å². The minimum Gasteiger partial charge on any atom is -0.313 e. The fourth-order valence-electron chi connectivity index (χ4n) is 1.70. The van der Waals surface area contributed by atoms with Crippen molar-refractivity contribution in [3.05, 3.63) is 52.0 Å². The molecule has 0 saturated carbocycles. The Morgan fingerprint density at radius 2 is 2.24 bits per heavy atom. The molecular formula is C12H12F2N2S. The summed E-state index contributed by atoms with van der Waals surface area (Å²) in [5.41, 5.74) is 2.07. The Kier molecular flexibility index (Phi) is 3.81. The molecule has 2 nitrogen and oxygen atoms in total. The third kappa shape index (κ3) is 2.68. The Morgan fingerprint density at radius 1 is 1.41 bits per heavy atom. The number of rotatable bonds is 4. The summed E-state index contributed by atoms with van der Waals surface area (Å²) in [6, 6.07) is 4.00. The monoisotopic (exact) mass is 254 g/mol. The van der Waals surface area contributed by atoms with Gasteiger partial charge in [-0.1, -0.05) is 12.1 Å². The molecule has 0 spiro atoms. The minimum atomic E-state index is -0.813. The van der Waals surface area contributed by atoms with E-state index in [4.69, 9.17) is 0 Å². The van der Waals surface area contributed by atoms with E-state index in [0.29, 0.717) is 12.0 Å². The van der Waals surface area contributed by atoms with Crippen molar-refractivity contribution < 1.29 is 8.78 Å². The van der Waals surface area contributed by atoms with Crippen LogP contribution in [-0.4, -0.2) is 12.0 Å². The second-order valence-corrected chi connectivity index (χ2v) is 4.63. The average Bonchev–Trinajstić information content (AvgIpc) is 2.83. The number of benzene rings is 1. The van der Waals surface area contributed by atoms with Crippen molar-refractivity contribution in [3.63, 3.8) is 0 Å². The largest absolute Gasteiger partial charge is 0.313 e. The first-order valence-electron chi connectivity index (χ1n) is 5.21. The molecule has 0 aliphatic carbocycles. The number of nitrogens with one attached hydrogen (secondary N) is 1. The number of thiazole rings is 1. The lowest BCUT2D eigenvalue weighted by Gasteiger charge is -2.16. The van der Waals surface area contributed by atoms with E-state index in [2.05, 4.69) is 10.3 Å². The van der Waals surface area contributed by atoms with Gasteiger partial charge in [0.2, 0.25) is 0 Å². The lowest BCUT2D eigenvalue weighted by Crippen LogP contribution is -2.20. The smallest absolute Gasteiger partial charge is 0.163 e. The first-order chi connectivity index (χ1) is 8.22. The van der Waals surface area contributed by atoms with E-state index >= 15 is 0 Å². The predicted molar refractivity (Wildman–Crippen MR) is 64.0 cm³/mol. The van der Waals surface area contributed by atoms with Crippen LogP contribution in [0.3, 0.4) is 0 Å². The molecule has 90 valence electrons. The van der Waals surface area contributed by atoms with Gasteiger partial charge in [-0.15, -0.1) is 11.3 Å². The standard InChI is InChI=1S/C12H12F2N2S/c1-15-11(5-8-6-16-7-17-8)9-3-2-4-10(13)12(9)14/h2-4,6-7,11,15H,5H2,1H3. The van der Waals surface area contributed by atoms with Gasteiger partial charge in [0.05, 0.1) is 5.51 Å². The van der Waals surface area contributed by atoms with Gasteiger partial charge in [-0.05, 0) is 13.1 Å². The maximum Gasteiger partial charge on any atom is 0.163 e. The number of halogens is 2. The second-order valence-electron chi connectivity index (χ2n) is 3.66. The highest BCUT2D eigenvalue weighted by Crippen LogP contribution is 2.23. The molecule has 0 bridgehead atoms. The molecule has 0 fully saturated rings. The number of likely N-dealkylation sites (N-methyl/N-ethyl adjacent to an activating group) is 1. The normalized spacial score (nSPS) is 12.6. The maximum atomic E-state index is 13.6. The molecule has 1 N–H and O–H groups in total. The van der Waals surface area contributed by atoms with Crippen molar-refractivity contribution in [2.24, 2.45) is 0 Å². The topological polar surface area (TPSA) is 24.9 Å². The van der Waals surface area contributed by atoms with Gasteiger partial charge in [-0.3, -0.25) is 4.98 Å². The highest BCUT2D eigenvalue weighted by Gasteiger charge is 2.17. The summed E-state index contributed by atoms with van der Waals surface area (Å²) in [6.07, 6.45) is 2.34. The lowest BCUT2D eigenvalue weighted by atomic mass is 10.0. The summed E-state index contributed by atoms with van der Waals surface area (Å²) in [5.74, 6) is -1.59. The summed E-state index contributed by atoms with van der Waals surface area (Å²) < 4.78 is 26.8. The van der Waals surface area contributed by atoms with Gasteiger partial charge in [0.15, 0.2) is 11.6 Å². The van der Waals surface area contributed by atoms with Crippen LogP contribution in [0, 0.1) is 11.6 Å². The van der Waals surface area contributed by atoms with Crippen molar-refractivity contribution in [1.29, 1.82) is 0 Å².